The molecule has 0 saturated carbocycles. The molecule has 120 valence electrons. The van der Waals surface area contributed by atoms with E-state index in [-0.39, 0.29) is 0 Å². The molecule has 0 aromatic carbocycles. The number of ether oxygens (including phenoxy) is 1. The van der Waals surface area contributed by atoms with Crippen molar-refractivity contribution in [3.8, 4) is 0 Å². The quantitative estimate of drug-likeness (QED) is 0.636. The van der Waals surface area contributed by atoms with Crippen LogP contribution < -0.4 is 0 Å². The number of piperazine rings is 1. The molecule has 1 aliphatic heterocycles. The van der Waals surface area contributed by atoms with Crippen molar-refractivity contribution in [1.29, 1.82) is 0 Å². The van der Waals surface area contributed by atoms with Crippen LogP contribution in [0.2, 0.25) is 0 Å². The molecule has 0 amide bonds. The molecule has 1 rings (SSSR count). The maximum atomic E-state index is 5.77. The molecule has 0 spiro atoms. The van der Waals surface area contributed by atoms with E-state index in [2.05, 4.69) is 44.4 Å². The molecule has 1 aliphatic rings. The number of unbranched alkanes of at least 4 members (excludes halogenated alkanes) is 1. The van der Waals surface area contributed by atoms with Crippen LogP contribution in [0.5, 0.6) is 0 Å². The predicted molar refractivity (Wildman–Crippen MR) is 87.3 cm³/mol. The Hall–Kier alpha value is -0.120. The fraction of sp³-hybridized carbons (Fsp3) is 1.00. The fourth-order valence-corrected chi connectivity index (χ4v) is 2.66. The van der Waals surface area contributed by atoms with Crippen molar-refractivity contribution >= 4 is 0 Å². The highest BCUT2D eigenvalue weighted by molar-refractivity contribution is 4.73. The molecule has 1 heterocycles. The van der Waals surface area contributed by atoms with Crippen LogP contribution in [-0.4, -0.2) is 61.8 Å². The standard InChI is InChI=1S/C17H36N2O/c1-16(2)19-11-9-18(10-12-19)13-15-20-14-7-6-8-17(3,4)5/h16H,6-15H2,1-5H3. The monoisotopic (exact) mass is 284 g/mol. The van der Waals surface area contributed by atoms with Gasteiger partial charge in [0.05, 0.1) is 6.61 Å². The minimum atomic E-state index is 0.468. The van der Waals surface area contributed by atoms with Gasteiger partial charge in [-0.05, 0) is 32.1 Å². The molecule has 3 nitrogen and oxygen atoms in total. The maximum Gasteiger partial charge on any atom is 0.0593 e. The summed E-state index contributed by atoms with van der Waals surface area (Å²) < 4.78 is 5.77. The SMILES string of the molecule is CC(C)N1CCN(CCOCCCCC(C)(C)C)CC1. The van der Waals surface area contributed by atoms with Crippen molar-refractivity contribution in [1.82, 2.24) is 9.80 Å². The molecule has 0 bridgehead atoms. The van der Waals surface area contributed by atoms with Crippen molar-refractivity contribution in [3.05, 3.63) is 0 Å². The van der Waals surface area contributed by atoms with Crippen molar-refractivity contribution in [2.45, 2.75) is 59.9 Å². The Bertz CT molecular complexity index is 240. The first kappa shape index (κ1) is 17.9. The van der Waals surface area contributed by atoms with Gasteiger partial charge in [0.15, 0.2) is 0 Å². The van der Waals surface area contributed by atoms with Crippen LogP contribution in [0.25, 0.3) is 0 Å². The summed E-state index contributed by atoms with van der Waals surface area (Å²) in [6.07, 6.45) is 3.79. The largest absolute Gasteiger partial charge is 0.380 e. The second kappa shape index (κ2) is 9.01. The molecule has 3 heteroatoms. The van der Waals surface area contributed by atoms with Crippen LogP contribution in [0.15, 0.2) is 0 Å². The van der Waals surface area contributed by atoms with Crippen molar-refractivity contribution in [2.24, 2.45) is 5.41 Å². The van der Waals surface area contributed by atoms with Gasteiger partial charge in [-0.1, -0.05) is 27.2 Å². The van der Waals surface area contributed by atoms with Gasteiger partial charge < -0.3 is 4.74 Å². The van der Waals surface area contributed by atoms with Gasteiger partial charge in [-0.15, -0.1) is 0 Å². The van der Waals surface area contributed by atoms with Crippen LogP contribution in [0, 0.1) is 5.41 Å². The van der Waals surface area contributed by atoms with Gasteiger partial charge in [-0.25, -0.2) is 0 Å². The van der Waals surface area contributed by atoms with E-state index in [4.69, 9.17) is 4.74 Å². The molecular weight excluding hydrogens is 248 g/mol. The van der Waals surface area contributed by atoms with Gasteiger partial charge in [0.25, 0.3) is 0 Å². The summed E-state index contributed by atoms with van der Waals surface area (Å²) >= 11 is 0. The molecule has 1 fully saturated rings. The highest BCUT2D eigenvalue weighted by Gasteiger charge is 2.18. The third-order valence-electron chi connectivity index (χ3n) is 4.15. The summed E-state index contributed by atoms with van der Waals surface area (Å²) in [5, 5.41) is 0. The number of nitrogens with zero attached hydrogens (tertiary/aromatic N) is 2. The Balaban J connectivity index is 1.93. The molecule has 0 atom stereocenters. The lowest BCUT2D eigenvalue weighted by Crippen LogP contribution is -2.49. The summed E-state index contributed by atoms with van der Waals surface area (Å²) in [6, 6.07) is 0.691. The zero-order chi connectivity index (χ0) is 15.0. The number of rotatable bonds is 8. The van der Waals surface area contributed by atoms with E-state index >= 15 is 0 Å². The molecule has 0 unspecified atom stereocenters. The Morgan fingerprint density at radius 3 is 2.15 bits per heavy atom. The second-order valence-corrected chi connectivity index (χ2v) is 7.60. The molecule has 0 aromatic heterocycles. The van der Waals surface area contributed by atoms with E-state index in [0.29, 0.717) is 11.5 Å². The summed E-state index contributed by atoms with van der Waals surface area (Å²) in [7, 11) is 0. The normalized spacial score (nSPS) is 18.9. The van der Waals surface area contributed by atoms with Crippen molar-refractivity contribution < 1.29 is 4.74 Å². The lowest BCUT2D eigenvalue weighted by atomic mass is 9.90. The van der Waals surface area contributed by atoms with E-state index in [1.807, 2.05) is 0 Å². The van der Waals surface area contributed by atoms with Crippen molar-refractivity contribution in [3.63, 3.8) is 0 Å². The highest BCUT2D eigenvalue weighted by atomic mass is 16.5. The summed E-state index contributed by atoms with van der Waals surface area (Å²) in [6.45, 7) is 19.3. The van der Waals surface area contributed by atoms with Crippen LogP contribution in [-0.2, 0) is 4.74 Å². The highest BCUT2D eigenvalue weighted by Crippen LogP contribution is 2.21. The molecule has 0 radical (unpaired) electrons. The lowest BCUT2D eigenvalue weighted by Gasteiger charge is -2.36. The van der Waals surface area contributed by atoms with Crippen LogP contribution in [0.3, 0.4) is 0 Å². The minimum absolute atomic E-state index is 0.468. The Kier molecular flexibility index (Phi) is 8.08. The fourth-order valence-electron chi connectivity index (χ4n) is 2.66. The first-order chi connectivity index (χ1) is 9.38. The van der Waals surface area contributed by atoms with Gasteiger partial charge in [-0.2, -0.15) is 0 Å². The first-order valence-electron chi connectivity index (χ1n) is 8.42. The van der Waals surface area contributed by atoms with E-state index < -0.39 is 0 Å². The topological polar surface area (TPSA) is 15.7 Å². The molecule has 1 saturated heterocycles. The summed E-state index contributed by atoms with van der Waals surface area (Å²) in [5.74, 6) is 0. The van der Waals surface area contributed by atoms with E-state index in [1.165, 1.54) is 45.4 Å². The smallest absolute Gasteiger partial charge is 0.0593 e. The maximum absolute atomic E-state index is 5.77. The van der Waals surface area contributed by atoms with E-state index in [9.17, 15) is 0 Å². The van der Waals surface area contributed by atoms with E-state index in [0.717, 1.165) is 19.8 Å². The molecular formula is C17H36N2O. The Morgan fingerprint density at radius 1 is 0.950 bits per heavy atom. The number of hydrogen-bond acceptors (Lipinski definition) is 3. The Labute approximate surface area is 126 Å². The van der Waals surface area contributed by atoms with Crippen molar-refractivity contribution in [2.75, 3.05) is 45.9 Å². The molecule has 0 aliphatic carbocycles. The molecule has 0 aromatic rings. The average Bonchev–Trinajstić information content (AvgIpc) is 2.37. The minimum Gasteiger partial charge on any atom is -0.380 e. The van der Waals surface area contributed by atoms with Gasteiger partial charge in [0.1, 0.15) is 0 Å². The first-order valence-corrected chi connectivity index (χ1v) is 8.42. The average molecular weight is 284 g/mol. The van der Waals surface area contributed by atoms with E-state index in [1.54, 1.807) is 0 Å². The lowest BCUT2D eigenvalue weighted by molar-refractivity contribution is 0.0647. The zero-order valence-electron chi connectivity index (χ0n) is 14.5. The Morgan fingerprint density at radius 2 is 1.60 bits per heavy atom. The summed E-state index contributed by atoms with van der Waals surface area (Å²) in [5.41, 5.74) is 0.468. The van der Waals surface area contributed by atoms with Gasteiger partial charge >= 0.3 is 0 Å². The third-order valence-corrected chi connectivity index (χ3v) is 4.15. The number of hydrogen-bond donors (Lipinski definition) is 0. The molecule has 0 N–H and O–H groups in total. The predicted octanol–water partition coefficient (Wildman–Crippen LogP) is 3.25. The second-order valence-electron chi connectivity index (χ2n) is 7.60. The van der Waals surface area contributed by atoms with Crippen LogP contribution in [0.4, 0.5) is 0 Å². The van der Waals surface area contributed by atoms with Crippen LogP contribution >= 0.6 is 0 Å². The zero-order valence-corrected chi connectivity index (χ0v) is 14.5. The van der Waals surface area contributed by atoms with Gasteiger partial charge in [-0.3, -0.25) is 9.80 Å². The van der Waals surface area contributed by atoms with Crippen LogP contribution in [0.1, 0.15) is 53.9 Å². The third kappa shape index (κ3) is 8.23. The summed E-state index contributed by atoms with van der Waals surface area (Å²) in [4.78, 5) is 5.10. The van der Waals surface area contributed by atoms with Gasteiger partial charge in [0.2, 0.25) is 0 Å². The molecule has 20 heavy (non-hydrogen) atoms. The van der Waals surface area contributed by atoms with Gasteiger partial charge in [0, 0.05) is 45.4 Å².